The van der Waals surface area contributed by atoms with E-state index in [1.54, 1.807) is 0 Å². The Morgan fingerprint density at radius 2 is 0.430 bits per heavy atom. The summed E-state index contributed by atoms with van der Waals surface area (Å²) in [4.78, 5) is 0. The SMILES string of the molecule is CC1(C)c2ccccc2-c2cc3c(cc21)c1cc(-c2ccc4c(c2)c2ccccc2n4-c2ccccc2)ccc1n3-c1ccc2c3ccccc3n(-c3ccccc3)c2c1.CC1(C)c2ccccc2-c2cc3c(cc21)c1ccccc1n3-c1ccc(-c2ccc3c(c2)c2ccccc2n3-c2ccccc2)cc1. The number of hydrogen-bond donors (Lipinski definition) is 0. The molecule has 0 atom stereocenters. The third-order valence-electron chi connectivity index (χ3n) is 23.9. The zero-order valence-corrected chi connectivity index (χ0v) is 59.8. The van der Waals surface area contributed by atoms with Crippen molar-refractivity contribution < 1.29 is 0 Å². The molecular weight excluding hydrogens is 1300 g/mol. The molecule has 2 aliphatic carbocycles. The van der Waals surface area contributed by atoms with E-state index in [2.05, 4.69) is 408 Å². The van der Waals surface area contributed by atoms with Crippen molar-refractivity contribution in [3.05, 3.63) is 380 Å². The molecule has 0 N–H and O–H groups in total. The first-order valence-corrected chi connectivity index (χ1v) is 37.4. The number of para-hydroxylation sites is 7. The molecule has 0 unspecified atom stereocenters. The van der Waals surface area contributed by atoms with E-state index in [0.29, 0.717) is 0 Å². The van der Waals surface area contributed by atoms with Gasteiger partial charge >= 0.3 is 0 Å². The maximum atomic E-state index is 2.51. The molecule has 16 aromatic carbocycles. The van der Waals surface area contributed by atoms with E-state index in [4.69, 9.17) is 0 Å². The van der Waals surface area contributed by atoms with Crippen LogP contribution in [0.15, 0.2) is 358 Å². The van der Waals surface area contributed by atoms with Crippen LogP contribution in [0.5, 0.6) is 0 Å². The molecule has 0 saturated heterocycles. The van der Waals surface area contributed by atoms with Gasteiger partial charge in [0.05, 0.1) is 55.2 Å². The van der Waals surface area contributed by atoms with Gasteiger partial charge in [-0.15, -0.1) is 0 Å². The van der Waals surface area contributed by atoms with Crippen molar-refractivity contribution in [3.8, 4) is 72.9 Å². The Hall–Kier alpha value is -13.5. The van der Waals surface area contributed by atoms with Gasteiger partial charge in [-0.3, -0.25) is 0 Å². The fraction of sp³-hybridized carbons (Fsp3) is 0.0588. The molecule has 0 aliphatic heterocycles. The van der Waals surface area contributed by atoms with Crippen LogP contribution in [0.3, 0.4) is 0 Å². The molecule has 0 bridgehead atoms. The van der Waals surface area contributed by atoms with Crippen LogP contribution in [0.2, 0.25) is 0 Å². The van der Waals surface area contributed by atoms with E-state index in [0.717, 1.165) is 11.4 Å². The van der Waals surface area contributed by atoms with E-state index >= 15 is 0 Å². The summed E-state index contributed by atoms with van der Waals surface area (Å²) >= 11 is 0. The minimum Gasteiger partial charge on any atom is -0.309 e. The Kier molecular flexibility index (Phi) is 13.1. The van der Waals surface area contributed by atoms with Crippen LogP contribution in [0, 0.1) is 0 Å². The smallest absolute Gasteiger partial charge is 0.0561 e. The largest absolute Gasteiger partial charge is 0.309 e. The van der Waals surface area contributed by atoms with Gasteiger partial charge in [-0.1, -0.05) is 240 Å². The van der Waals surface area contributed by atoms with Crippen molar-refractivity contribution in [3.63, 3.8) is 0 Å². The first kappa shape index (κ1) is 61.0. The van der Waals surface area contributed by atoms with Crippen molar-refractivity contribution in [1.82, 2.24) is 22.8 Å². The second kappa shape index (κ2) is 23.0. The maximum absolute atomic E-state index is 2.51. The molecule has 23 rings (SSSR count). The van der Waals surface area contributed by atoms with Crippen LogP contribution in [0.25, 0.3) is 182 Å². The van der Waals surface area contributed by atoms with Crippen molar-refractivity contribution in [1.29, 1.82) is 0 Å². The van der Waals surface area contributed by atoms with Gasteiger partial charge in [-0.2, -0.15) is 0 Å². The van der Waals surface area contributed by atoms with Crippen molar-refractivity contribution in [2.45, 2.75) is 38.5 Å². The van der Waals surface area contributed by atoms with E-state index in [9.17, 15) is 0 Å². The summed E-state index contributed by atoms with van der Waals surface area (Å²) in [5, 5.41) is 12.7. The molecule has 0 spiro atoms. The van der Waals surface area contributed by atoms with Crippen LogP contribution >= 0.6 is 0 Å². The van der Waals surface area contributed by atoms with Gasteiger partial charge in [0, 0.05) is 93.1 Å². The summed E-state index contributed by atoms with van der Waals surface area (Å²) in [7, 11) is 0. The van der Waals surface area contributed by atoms with Crippen molar-refractivity contribution >= 4 is 109 Å². The van der Waals surface area contributed by atoms with Gasteiger partial charge < -0.3 is 22.8 Å². The highest BCUT2D eigenvalue weighted by atomic mass is 15.0. The van der Waals surface area contributed by atoms with Gasteiger partial charge in [-0.25, -0.2) is 0 Å². The molecule has 5 heterocycles. The topological polar surface area (TPSA) is 24.6 Å². The molecule has 5 heteroatoms. The number of rotatable bonds is 7. The van der Waals surface area contributed by atoms with Gasteiger partial charge in [0.2, 0.25) is 0 Å². The van der Waals surface area contributed by atoms with Crippen molar-refractivity contribution in [2.75, 3.05) is 0 Å². The Balaban J connectivity index is 0.000000137. The molecule has 0 amide bonds. The average Bonchev–Trinajstić information content (AvgIpc) is 1.56. The minimum atomic E-state index is -0.111. The van der Waals surface area contributed by atoms with Crippen LogP contribution in [0.1, 0.15) is 49.9 Å². The Morgan fingerprint density at radius 1 is 0.159 bits per heavy atom. The summed E-state index contributed by atoms with van der Waals surface area (Å²) in [6, 6.07) is 132. The lowest BCUT2D eigenvalue weighted by atomic mass is 9.82. The van der Waals surface area contributed by atoms with E-state index < -0.39 is 0 Å². The minimum absolute atomic E-state index is 0.0283. The second-order valence-corrected chi connectivity index (χ2v) is 30.4. The molecule has 0 saturated carbocycles. The molecule has 2 aliphatic rings. The van der Waals surface area contributed by atoms with Crippen LogP contribution < -0.4 is 0 Å². The maximum Gasteiger partial charge on any atom is 0.0561 e. The highest BCUT2D eigenvalue weighted by Crippen LogP contribution is 2.54. The molecular formula is C102H71N5. The number of aromatic nitrogens is 5. The van der Waals surface area contributed by atoms with Gasteiger partial charge in [0.25, 0.3) is 0 Å². The predicted molar refractivity (Wildman–Crippen MR) is 451 cm³/mol. The fourth-order valence-electron chi connectivity index (χ4n) is 18.9. The van der Waals surface area contributed by atoms with Gasteiger partial charge in [0.15, 0.2) is 0 Å². The Morgan fingerprint density at radius 3 is 0.860 bits per heavy atom. The van der Waals surface area contributed by atoms with Crippen LogP contribution in [0.4, 0.5) is 0 Å². The molecule has 504 valence electrons. The molecule has 0 fully saturated rings. The summed E-state index contributed by atoms with van der Waals surface area (Å²) in [6.07, 6.45) is 0. The predicted octanol–water partition coefficient (Wildman–Crippen LogP) is 26.8. The van der Waals surface area contributed by atoms with E-state index in [-0.39, 0.29) is 10.8 Å². The third-order valence-corrected chi connectivity index (χ3v) is 23.9. The van der Waals surface area contributed by atoms with E-state index in [1.807, 2.05) is 0 Å². The standard InChI is InChI=1S/C57H39N3.C45H32N2/c1-57(2)49-22-12-9-19-41(49)45-35-56-48(34-50(45)57)47-32-37(36-25-29-53-46(31-36)43-21-11-14-24-52(43)58(53)38-15-5-3-6-16-38)26-30-54(47)60(56)40-27-28-44-42-20-10-13-23-51(42)59(55(44)33-40)39-17-7-4-8-18-39;1-45(2)39-17-9-6-14-33(39)36-28-44-38(27-40(36)45)35-16-8-11-19-42(35)47(44)32-23-20-29(21-24-32)30-22-25-43-37(26-30)34-15-7-10-18-41(34)46(43)31-12-4-3-5-13-31/h3-35H,1-2H3;3-28H,1-2H3. The summed E-state index contributed by atoms with van der Waals surface area (Å²) in [6.45, 7) is 9.48. The molecule has 0 radical (unpaired) electrons. The van der Waals surface area contributed by atoms with Gasteiger partial charge in [-0.05, 0) is 212 Å². The lowest BCUT2D eigenvalue weighted by molar-refractivity contribution is 0.661. The fourth-order valence-corrected chi connectivity index (χ4v) is 18.9. The van der Waals surface area contributed by atoms with Crippen LogP contribution in [-0.4, -0.2) is 22.8 Å². The lowest BCUT2D eigenvalue weighted by Crippen LogP contribution is -2.14. The molecule has 5 nitrogen and oxygen atoms in total. The van der Waals surface area contributed by atoms with Crippen molar-refractivity contribution in [2.24, 2.45) is 0 Å². The molecule has 107 heavy (non-hydrogen) atoms. The summed E-state index contributed by atoms with van der Waals surface area (Å²) in [5.74, 6) is 0. The second-order valence-electron chi connectivity index (χ2n) is 30.4. The number of benzene rings is 16. The monoisotopic (exact) mass is 1370 g/mol. The summed E-state index contributed by atoms with van der Waals surface area (Å²) in [5.41, 5.74) is 33.7. The first-order chi connectivity index (χ1) is 52.6. The number of hydrogen-bond acceptors (Lipinski definition) is 0. The highest BCUT2D eigenvalue weighted by molar-refractivity contribution is 6.17. The highest BCUT2D eigenvalue weighted by Gasteiger charge is 2.38. The lowest BCUT2D eigenvalue weighted by Gasteiger charge is -2.21. The Labute approximate surface area is 619 Å². The zero-order chi connectivity index (χ0) is 71.0. The van der Waals surface area contributed by atoms with Crippen LogP contribution in [-0.2, 0) is 10.8 Å². The normalized spacial score (nSPS) is 13.4. The summed E-state index contributed by atoms with van der Waals surface area (Å²) < 4.78 is 12.1. The first-order valence-electron chi connectivity index (χ1n) is 37.4. The molecule has 5 aromatic heterocycles. The zero-order valence-electron chi connectivity index (χ0n) is 59.8. The number of nitrogens with zero attached hydrogens (tertiary/aromatic N) is 5. The third kappa shape index (κ3) is 8.98. The Bertz CT molecular complexity index is 7270. The average molecular weight is 1370 g/mol. The van der Waals surface area contributed by atoms with Gasteiger partial charge in [0.1, 0.15) is 0 Å². The molecule has 21 aromatic rings. The van der Waals surface area contributed by atoms with E-state index in [1.165, 1.54) is 193 Å². The quantitative estimate of drug-likeness (QED) is 0.152. The number of fused-ring (bicyclic) bond motifs is 21.